The zero-order valence-corrected chi connectivity index (χ0v) is 16.7. The van der Waals surface area contributed by atoms with E-state index >= 15 is 0 Å². The molecule has 0 radical (unpaired) electrons. The largest absolute Gasteiger partial charge is 0.325 e. The van der Waals surface area contributed by atoms with Crippen LogP contribution in [0.1, 0.15) is 13.3 Å². The van der Waals surface area contributed by atoms with Crippen molar-refractivity contribution in [1.29, 1.82) is 0 Å². The smallest absolute Gasteiger partial charge is 0.262 e. The Labute approximate surface area is 173 Å². The van der Waals surface area contributed by atoms with Gasteiger partial charge in [-0.1, -0.05) is 18.7 Å². The molecule has 7 nitrogen and oxygen atoms in total. The first-order chi connectivity index (χ1) is 14.5. The average Bonchev–Trinajstić information content (AvgIpc) is 3.15. The van der Waals surface area contributed by atoms with E-state index in [0.717, 1.165) is 11.8 Å². The molecule has 0 bridgehead atoms. The maximum Gasteiger partial charge on any atom is 0.262 e. The molecule has 0 atom stereocenters. The van der Waals surface area contributed by atoms with Crippen LogP contribution in [0, 0.1) is 11.6 Å². The molecule has 154 valence electrons. The second-order valence-corrected chi connectivity index (χ2v) is 7.52. The lowest BCUT2D eigenvalue weighted by atomic mass is 10.2. The molecule has 0 aliphatic rings. The Kier molecular flexibility index (Phi) is 5.49. The molecule has 4 rings (SSSR count). The second-order valence-electron chi connectivity index (χ2n) is 6.58. The van der Waals surface area contributed by atoms with Crippen molar-refractivity contribution in [3.63, 3.8) is 0 Å². The minimum Gasteiger partial charge on any atom is -0.325 e. The quantitative estimate of drug-likeness (QED) is 0.475. The monoisotopic (exact) mass is 429 g/mol. The highest BCUT2D eigenvalue weighted by molar-refractivity contribution is 7.99. The number of fused-ring (bicyclic) bond motifs is 3. The SMILES string of the molecule is CCCn1c(=O)c2cc(F)ccc2n2c(SCC(=O)Nc3ccc(F)cc3)nnc12. The minimum absolute atomic E-state index is 0.0216. The molecule has 2 aromatic carbocycles. The fourth-order valence-electron chi connectivity index (χ4n) is 3.14. The predicted octanol–water partition coefficient (Wildman–Crippen LogP) is 3.46. The van der Waals surface area contributed by atoms with Crippen LogP contribution in [0.15, 0.2) is 52.4 Å². The average molecular weight is 429 g/mol. The Morgan fingerprint density at radius 2 is 1.83 bits per heavy atom. The summed E-state index contributed by atoms with van der Waals surface area (Å²) in [6, 6.07) is 9.41. The topological polar surface area (TPSA) is 81.3 Å². The zero-order valence-electron chi connectivity index (χ0n) is 15.9. The van der Waals surface area contributed by atoms with Crippen molar-refractivity contribution in [2.24, 2.45) is 0 Å². The van der Waals surface area contributed by atoms with Crippen molar-refractivity contribution in [2.45, 2.75) is 25.0 Å². The summed E-state index contributed by atoms with van der Waals surface area (Å²) in [6.45, 7) is 2.33. The van der Waals surface area contributed by atoms with Gasteiger partial charge in [0.15, 0.2) is 5.16 Å². The lowest BCUT2D eigenvalue weighted by Crippen LogP contribution is -2.23. The molecule has 30 heavy (non-hydrogen) atoms. The molecule has 0 unspecified atom stereocenters. The van der Waals surface area contributed by atoms with Gasteiger partial charge in [0.25, 0.3) is 5.56 Å². The Morgan fingerprint density at radius 3 is 2.57 bits per heavy atom. The Morgan fingerprint density at radius 1 is 1.10 bits per heavy atom. The molecule has 2 aromatic heterocycles. The molecule has 4 aromatic rings. The van der Waals surface area contributed by atoms with Gasteiger partial charge in [-0.25, -0.2) is 8.78 Å². The van der Waals surface area contributed by atoms with Gasteiger partial charge in [-0.3, -0.25) is 18.6 Å². The number of rotatable bonds is 6. The number of nitrogens with zero attached hydrogens (tertiary/aromatic N) is 4. The van der Waals surface area contributed by atoms with Gasteiger partial charge in [-0.2, -0.15) is 0 Å². The van der Waals surface area contributed by atoms with E-state index < -0.39 is 11.6 Å². The normalized spacial score (nSPS) is 11.3. The number of benzene rings is 2. The van der Waals surface area contributed by atoms with Crippen LogP contribution in [-0.4, -0.2) is 30.8 Å². The number of halogens is 2. The summed E-state index contributed by atoms with van der Waals surface area (Å²) in [5, 5.41) is 11.6. The van der Waals surface area contributed by atoms with Crippen LogP contribution in [0.4, 0.5) is 14.5 Å². The number of thioether (sulfide) groups is 1. The van der Waals surface area contributed by atoms with Crippen LogP contribution in [0.3, 0.4) is 0 Å². The fourth-order valence-corrected chi connectivity index (χ4v) is 3.88. The summed E-state index contributed by atoms with van der Waals surface area (Å²) in [5.41, 5.74) is 0.609. The molecule has 0 aliphatic heterocycles. The molecular formula is C20H17F2N5O2S. The standard InChI is InChI=1S/C20H17F2N5O2S/c1-2-9-26-18(29)15-10-13(22)5-8-16(15)27-19(26)24-25-20(27)30-11-17(28)23-14-6-3-12(21)4-7-14/h3-8,10H,2,9,11H2,1H3,(H,23,28). The maximum absolute atomic E-state index is 13.8. The fraction of sp³-hybridized carbons (Fsp3) is 0.200. The first-order valence-corrected chi connectivity index (χ1v) is 10.2. The maximum atomic E-state index is 13.8. The van der Waals surface area contributed by atoms with Crippen LogP contribution in [0.25, 0.3) is 16.7 Å². The molecule has 0 aliphatic carbocycles. The van der Waals surface area contributed by atoms with Crippen molar-refractivity contribution >= 4 is 40.0 Å². The van der Waals surface area contributed by atoms with E-state index in [1.54, 1.807) is 4.40 Å². The van der Waals surface area contributed by atoms with E-state index in [9.17, 15) is 18.4 Å². The van der Waals surface area contributed by atoms with Crippen LogP contribution >= 0.6 is 11.8 Å². The Balaban J connectivity index is 1.68. The summed E-state index contributed by atoms with van der Waals surface area (Å²) in [6.07, 6.45) is 0.686. The first-order valence-electron chi connectivity index (χ1n) is 9.23. The first kappa shape index (κ1) is 20.0. The third-order valence-electron chi connectivity index (χ3n) is 4.44. The number of hydrogen-bond donors (Lipinski definition) is 1. The third-order valence-corrected chi connectivity index (χ3v) is 5.37. The van der Waals surface area contributed by atoms with Gasteiger partial charge in [0, 0.05) is 12.2 Å². The molecule has 1 N–H and O–H groups in total. The molecule has 0 spiro atoms. The van der Waals surface area contributed by atoms with Crippen molar-refractivity contribution < 1.29 is 13.6 Å². The number of nitrogens with one attached hydrogen (secondary N) is 1. The molecule has 0 fully saturated rings. The highest BCUT2D eigenvalue weighted by Crippen LogP contribution is 2.22. The summed E-state index contributed by atoms with van der Waals surface area (Å²) < 4.78 is 29.9. The van der Waals surface area contributed by atoms with Crippen molar-refractivity contribution in [3.05, 3.63) is 64.5 Å². The van der Waals surface area contributed by atoms with Crippen LogP contribution in [0.5, 0.6) is 0 Å². The second kappa shape index (κ2) is 8.23. The number of amides is 1. The summed E-state index contributed by atoms with van der Waals surface area (Å²) in [5.74, 6) is -0.849. The third kappa shape index (κ3) is 3.78. The lowest BCUT2D eigenvalue weighted by Gasteiger charge is -2.10. The molecular weight excluding hydrogens is 412 g/mol. The van der Waals surface area contributed by atoms with E-state index in [0.29, 0.717) is 35.1 Å². The van der Waals surface area contributed by atoms with E-state index in [2.05, 4.69) is 15.5 Å². The van der Waals surface area contributed by atoms with Crippen LogP contribution < -0.4 is 10.9 Å². The summed E-state index contributed by atoms with van der Waals surface area (Å²) in [7, 11) is 0. The van der Waals surface area contributed by atoms with Gasteiger partial charge in [0.2, 0.25) is 11.7 Å². The zero-order chi connectivity index (χ0) is 21.3. The number of carbonyl (C=O) groups is 1. The highest BCUT2D eigenvalue weighted by Gasteiger charge is 2.18. The number of carbonyl (C=O) groups excluding carboxylic acids is 1. The van der Waals surface area contributed by atoms with Gasteiger partial charge in [-0.15, -0.1) is 10.2 Å². The van der Waals surface area contributed by atoms with Gasteiger partial charge in [-0.05, 0) is 48.9 Å². The highest BCUT2D eigenvalue weighted by atomic mass is 32.2. The van der Waals surface area contributed by atoms with Gasteiger partial charge in [0.05, 0.1) is 16.7 Å². The van der Waals surface area contributed by atoms with Gasteiger partial charge >= 0.3 is 0 Å². The van der Waals surface area contributed by atoms with Crippen molar-refractivity contribution in [3.8, 4) is 0 Å². The molecule has 1 amide bonds. The lowest BCUT2D eigenvalue weighted by molar-refractivity contribution is -0.113. The molecule has 2 heterocycles. The molecule has 0 saturated carbocycles. The van der Waals surface area contributed by atoms with E-state index in [1.807, 2.05) is 6.92 Å². The number of aromatic nitrogens is 4. The van der Waals surface area contributed by atoms with E-state index in [4.69, 9.17) is 0 Å². The molecule has 10 heteroatoms. The Hall–Kier alpha value is -3.27. The van der Waals surface area contributed by atoms with Crippen LogP contribution in [0.2, 0.25) is 0 Å². The van der Waals surface area contributed by atoms with Crippen molar-refractivity contribution in [1.82, 2.24) is 19.2 Å². The summed E-state index contributed by atoms with van der Waals surface area (Å²) in [4.78, 5) is 25.1. The van der Waals surface area contributed by atoms with Gasteiger partial charge < -0.3 is 5.32 Å². The van der Waals surface area contributed by atoms with E-state index in [-0.39, 0.29) is 22.6 Å². The number of anilines is 1. The van der Waals surface area contributed by atoms with Gasteiger partial charge in [0.1, 0.15) is 11.6 Å². The Bertz CT molecular complexity index is 1300. The summed E-state index contributed by atoms with van der Waals surface area (Å²) >= 11 is 1.13. The molecule has 0 saturated heterocycles. The van der Waals surface area contributed by atoms with E-state index in [1.165, 1.54) is 47.0 Å². The minimum atomic E-state index is -0.511. The van der Waals surface area contributed by atoms with Crippen molar-refractivity contribution in [2.75, 3.05) is 11.1 Å². The van der Waals surface area contributed by atoms with Crippen LogP contribution in [-0.2, 0) is 11.3 Å². The predicted molar refractivity (Wildman–Crippen MR) is 111 cm³/mol. The number of hydrogen-bond acceptors (Lipinski definition) is 5. The number of aryl methyl sites for hydroxylation is 1.